The van der Waals surface area contributed by atoms with Crippen molar-refractivity contribution in [3.8, 4) is 0 Å². The minimum Gasteiger partial charge on any atom is -0.436 e. The molecule has 262 valence electrons. The van der Waals surface area contributed by atoms with Gasteiger partial charge in [-0.15, -0.1) is 0 Å². The van der Waals surface area contributed by atoms with Gasteiger partial charge < -0.3 is 34.1 Å². The number of ether oxygens (including phenoxy) is 1. The molecule has 7 rings (SSSR count). The molecule has 0 saturated carbocycles. The molecule has 4 amide bonds. The van der Waals surface area contributed by atoms with Gasteiger partial charge in [0.05, 0.1) is 5.52 Å². The van der Waals surface area contributed by atoms with Gasteiger partial charge in [-0.3, -0.25) is 9.36 Å². The molecule has 4 aliphatic heterocycles. The van der Waals surface area contributed by atoms with Crippen molar-refractivity contribution in [2.45, 2.75) is 82.9 Å². The molecule has 1 N–H and O–H groups in total. The number of nitrogens with zero attached hydrogens (tertiary/aromatic N) is 5. The normalized spacial score (nSPS) is 20.5. The van der Waals surface area contributed by atoms with Crippen molar-refractivity contribution in [3.05, 3.63) is 63.6 Å². The SMILES string of the molecule is Cc1cc(C[C@@H](OC(=O)N2CCC(N3CCc4ccccc4NC3=O)CC2)C(=O)N2CCC(N3CCCCC3)CC2)cc2oc(=O)n(C)c12. The predicted octanol–water partition coefficient (Wildman–Crippen LogP) is 4.52. The van der Waals surface area contributed by atoms with Gasteiger partial charge in [0.1, 0.15) is 0 Å². The first-order valence-corrected chi connectivity index (χ1v) is 18.0. The van der Waals surface area contributed by atoms with E-state index < -0.39 is 18.0 Å². The number of nitrogens with one attached hydrogen (secondary N) is 1. The number of carbonyl (C=O) groups is 3. The van der Waals surface area contributed by atoms with Crippen molar-refractivity contribution in [3.63, 3.8) is 0 Å². The smallest absolute Gasteiger partial charge is 0.419 e. The number of hydrogen-bond acceptors (Lipinski definition) is 7. The van der Waals surface area contributed by atoms with Gasteiger partial charge in [-0.05, 0) is 93.8 Å². The molecule has 3 saturated heterocycles. The summed E-state index contributed by atoms with van der Waals surface area (Å²) in [7, 11) is 1.67. The second-order valence-electron chi connectivity index (χ2n) is 14.2. The molecular formula is C37H48N6O6. The molecule has 0 spiro atoms. The van der Waals surface area contributed by atoms with Crippen LogP contribution in [0.4, 0.5) is 15.3 Å². The molecule has 5 heterocycles. The van der Waals surface area contributed by atoms with Crippen molar-refractivity contribution in [1.29, 1.82) is 0 Å². The van der Waals surface area contributed by atoms with Crippen LogP contribution >= 0.6 is 0 Å². The van der Waals surface area contributed by atoms with Crippen LogP contribution in [0.5, 0.6) is 0 Å². The maximum Gasteiger partial charge on any atom is 0.419 e. The number of aromatic nitrogens is 1. The summed E-state index contributed by atoms with van der Waals surface area (Å²) in [6.07, 6.45) is 6.26. The number of anilines is 1. The van der Waals surface area contributed by atoms with Crippen LogP contribution in [0.3, 0.4) is 0 Å². The Kier molecular flexibility index (Phi) is 9.66. The fraction of sp³-hybridized carbons (Fsp3) is 0.568. The van der Waals surface area contributed by atoms with Crippen LogP contribution in [0.25, 0.3) is 11.1 Å². The molecule has 12 heteroatoms. The van der Waals surface area contributed by atoms with Gasteiger partial charge in [0.15, 0.2) is 11.7 Å². The molecule has 0 radical (unpaired) electrons. The number of carbonyl (C=O) groups excluding carboxylic acids is 3. The maximum atomic E-state index is 14.1. The number of fused-ring (bicyclic) bond motifs is 2. The molecule has 0 unspecified atom stereocenters. The molecular weight excluding hydrogens is 624 g/mol. The Bertz CT molecular complexity index is 1750. The highest BCUT2D eigenvalue weighted by atomic mass is 16.6. The number of oxazole rings is 1. The Hall–Kier alpha value is -4.32. The Morgan fingerprint density at radius 3 is 2.35 bits per heavy atom. The average molecular weight is 673 g/mol. The third-order valence-electron chi connectivity index (χ3n) is 11.1. The van der Waals surface area contributed by atoms with E-state index in [-0.39, 0.29) is 24.4 Å². The number of aryl methyl sites for hydroxylation is 2. The zero-order valence-electron chi connectivity index (χ0n) is 28.7. The van der Waals surface area contributed by atoms with E-state index in [1.165, 1.54) is 23.8 Å². The summed E-state index contributed by atoms with van der Waals surface area (Å²) in [5, 5.41) is 3.05. The molecule has 0 aliphatic carbocycles. The lowest BCUT2D eigenvalue weighted by Crippen LogP contribution is -2.53. The lowest BCUT2D eigenvalue weighted by Gasteiger charge is -2.41. The van der Waals surface area contributed by atoms with Gasteiger partial charge in [0.2, 0.25) is 0 Å². The third kappa shape index (κ3) is 7.06. The van der Waals surface area contributed by atoms with Gasteiger partial charge in [-0.25, -0.2) is 14.4 Å². The van der Waals surface area contributed by atoms with E-state index in [1.54, 1.807) is 18.0 Å². The molecule has 49 heavy (non-hydrogen) atoms. The van der Waals surface area contributed by atoms with Gasteiger partial charge in [0, 0.05) is 64.0 Å². The average Bonchev–Trinajstić information content (AvgIpc) is 3.30. The zero-order chi connectivity index (χ0) is 34.1. The molecule has 2 aromatic carbocycles. The summed E-state index contributed by atoms with van der Waals surface area (Å²) >= 11 is 0. The summed E-state index contributed by atoms with van der Waals surface area (Å²) in [6, 6.07) is 12.0. The van der Waals surface area contributed by atoms with Crippen LogP contribution in [-0.4, -0.2) is 106 Å². The quantitative estimate of drug-likeness (QED) is 0.409. The van der Waals surface area contributed by atoms with Crippen molar-refractivity contribution < 1.29 is 23.5 Å². The minimum atomic E-state index is -1.01. The van der Waals surface area contributed by atoms with Gasteiger partial charge in [-0.2, -0.15) is 0 Å². The second-order valence-corrected chi connectivity index (χ2v) is 14.2. The lowest BCUT2D eigenvalue weighted by molar-refractivity contribution is -0.142. The largest absolute Gasteiger partial charge is 0.436 e. The van der Waals surface area contributed by atoms with Crippen LogP contribution in [0, 0.1) is 6.92 Å². The molecule has 1 aromatic heterocycles. The summed E-state index contributed by atoms with van der Waals surface area (Å²) in [5.74, 6) is -0.634. The van der Waals surface area contributed by atoms with E-state index in [0.29, 0.717) is 62.7 Å². The van der Waals surface area contributed by atoms with Crippen LogP contribution in [0.15, 0.2) is 45.6 Å². The number of benzene rings is 2. The standard InChI is InChI=1S/C37H48N6O6/c1-25-22-26(23-31-33(25)39(2)36(46)48-31)24-32(34(44)41-17-11-28(12-18-41)40-15-6-3-7-16-40)49-37(47)42-19-13-29(14-20-42)43-21-10-27-8-4-5-9-30(27)38-35(43)45/h4-5,8-9,22-23,28-29,32H,3,6-7,10-21,24H2,1-2H3,(H,38,45)/t32-/m1/s1. The topological polar surface area (TPSA) is 121 Å². The summed E-state index contributed by atoms with van der Waals surface area (Å²) in [4.78, 5) is 61.2. The van der Waals surface area contributed by atoms with E-state index in [0.717, 1.165) is 54.7 Å². The number of hydrogen-bond donors (Lipinski definition) is 1. The van der Waals surface area contributed by atoms with Gasteiger partial charge in [0.25, 0.3) is 5.91 Å². The van der Waals surface area contributed by atoms with E-state index in [4.69, 9.17) is 9.15 Å². The number of piperidine rings is 3. The third-order valence-corrected chi connectivity index (χ3v) is 11.1. The first-order valence-electron chi connectivity index (χ1n) is 18.0. The number of urea groups is 1. The molecule has 3 fully saturated rings. The van der Waals surface area contributed by atoms with Crippen LogP contribution in [-0.2, 0) is 29.4 Å². The van der Waals surface area contributed by atoms with E-state index >= 15 is 0 Å². The number of amides is 4. The van der Waals surface area contributed by atoms with Gasteiger partial charge in [-0.1, -0.05) is 30.7 Å². The molecule has 1 atom stereocenters. The fourth-order valence-electron chi connectivity index (χ4n) is 8.32. The molecule has 0 bridgehead atoms. The van der Waals surface area contributed by atoms with Crippen LogP contribution < -0.4 is 11.1 Å². The van der Waals surface area contributed by atoms with E-state index in [2.05, 4.69) is 10.2 Å². The highest BCUT2D eigenvalue weighted by Gasteiger charge is 2.36. The highest BCUT2D eigenvalue weighted by molar-refractivity contribution is 5.91. The van der Waals surface area contributed by atoms with Crippen molar-refractivity contribution >= 4 is 34.8 Å². The predicted molar refractivity (Wildman–Crippen MR) is 186 cm³/mol. The zero-order valence-corrected chi connectivity index (χ0v) is 28.7. The highest BCUT2D eigenvalue weighted by Crippen LogP contribution is 2.27. The summed E-state index contributed by atoms with van der Waals surface area (Å²) in [6.45, 7) is 6.91. The Morgan fingerprint density at radius 2 is 1.59 bits per heavy atom. The summed E-state index contributed by atoms with van der Waals surface area (Å²) in [5.41, 5.74) is 4.74. The monoisotopic (exact) mass is 672 g/mol. The first kappa shape index (κ1) is 33.2. The number of rotatable bonds is 6. The molecule has 3 aromatic rings. The Morgan fingerprint density at radius 1 is 0.898 bits per heavy atom. The van der Waals surface area contributed by atoms with Crippen molar-refractivity contribution in [2.24, 2.45) is 7.05 Å². The lowest BCUT2D eigenvalue weighted by atomic mass is 9.98. The van der Waals surface area contributed by atoms with Crippen LogP contribution in [0.1, 0.15) is 61.6 Å². The number of para-hydroxylation sites is 1. The number of likely N-dealkylation sites (tertiary alicyclic amines) is 3. The van der Waals surface area contributed by atoms with E-state index in [1.807, 2.05) is 47.1 Å². The fourth-order valence-corrected chi connectivity index (χ4v) is 8.32. The van der Waals surface area contributed by atoms with Gasteiger partial charge >= 0.3 is 17.9 Å². The van der Waals surface area contributed by atoms with E-state index in [9.17, 15) is 19.2 Å². The van der Waals surface area contributed by atoms with Crippen molar-refractivity contribution in [1.82, 2.24) is 24.2 Å². The minimum absolute atomic E-state index is 0.00669. The molecule has 4 aliphatic rings. The molecule has 12 nitrogen and oxygen atoms in total. The summed E-state index contributed by atoms with van der Waals surface area (Å²) < 4.78 is 13.0. The first-order chi connectivity index (χ1) is 23.7. The second kappa shape index (κ2) is 14.3. The van der Waals surface area contributed by atoms with Crippen molar-refractivity contribution in [2.75, 3.05) is 51.1 Å². The Balaban J connectivity index is 1.02. The Labute approximate surface area is 286 Å². The van der Waals surface area contributed by atoms with Crippen LogP contribution in [0.2, 0.25) is 0 Å². The maximum absolute atomic E-state index is 14.1.